The second-order valence-corrected chi connectivity index (χ2v) is 7.68. The lowest BCUT2D eigenvalue weighted by molar-refractivity contribution is -0.192. The molecule has 2 aliphatic carbocycles. The number of carbonyl (C=O) groups excluding carboxylic acids is 1. The van der Waals surface area contributed by atoms with Crippen molar-refractivity contribution >= 4 is 6.03 Å². The van der Waals surface area contributed by atoms with Crippen LogP contribution in [0.2, 0.25) is 0 Å². The summed E-state index contributed by atoms with van der Waals surface area (Å²) < 4.78 is 11.2. The van der Waals surface area contributed by atoms with Gasteiger partial charge in [0.2, 0.25) is 0 Å². The summed E-state index contributed by atoms with van der Waals surface area (Å²) in [6, 6.07) is 10.5. The average Bonchev–Trinajstić information content (AvgIpc) is 2.57. The van der Waals surface area contributed by atoms with E-state index >= 15 is 0 Å². The number of methoxy groups -OCH3 is 1. The molecule has 5 nitrogen and oxygen atoms in total. The Bertz CT molecular complexity index is 588. The van der Waals surface area contributed by atoms with Crippen LogP contribution in [-0.4, -0.2) is 56.5 Å². The third-order valence-electron chi connectivity index (χ3n) is 6.20. The number of amides is 2. The van der Waals surface area contributed by atoms with Gasteiger partial charge in [0.05, 0.1) is 18.8 Å². The number of nitrogens with zero attached hydrogens (tertiary/aromatic N) is 1. The minimum absolute atomic E-state index is 0.00537. The number of benzene rings is 1. The first-order valence-corrected chi connectivity index (χ1v) is 9.78. The maximum absolute atomic E-state index is 12.9. The van der Waals surface area contributed by atoms with Gasteiger partial charge < -0.3 is 19.7 Å². The SMILES string of the molecule is CCOC1CC(N(C)C(=O)NC(COC)Cc2ccccc2)C12CCC2. The monoisotopic (exact) mass is 360 g/mol. The first-order valence-electron chi connectivity index (χ1n) is 9.78. The van der Waals surface area contributed by atoms with Crippen LogP contribution in [0.25, 0.3) is 0 Å². The molecule has 2 amide bonds. The zero-order valence-corrected chi connectivity index (χ0v) is 16.2. The Morgan fingerprint density at radius 1 is 1.35 bits per heavy atom. The van der Waals surface area contributed by atoms with Crippen LogP contribution in [0.4, 0.5) is 4.79 Å². The third-order valence-corrected chi connectivity index (χ3v) is 6.20. The summed E-state index contributed by atoms with van der Waals surface area (Å²) in [5, 5.41) is 3.17. The summed E-state index contributed by atoms with van der Waals surface area (Å²) in [6.45, 7) is 3.31. The fraction of sp³-hybridized carbons (Fsp3) is 0.667. The van der Waals surface area contributed by atoms with E-state index in [1.54, 1.807) is 7.11 Å². The lowest BCUT2D eigenvalue weighted by atomic mass is 9.50. The van der Waals surface area contributed by atoms with Crippen molar-refractivity contribution in [1.29, 1.82) is 0 Å². The molecule has 144 valence electrons. The number of carbonyl (C=O) groups is 1. The Morgan fingerprint density at radius 3 is 2.65 bits per heavy atom. The first kappa shape index (κ1) is 19.2. The lowest BCUT2D eigenvalue weighted by Crippen LogP contribution is -2.69. The van der Waals surface area contributed by atoms with Crippen molar-refractivity contribution in [3.05, 3.63) is 35.9 Å². The van der Waals surface area contributed by atoms with Gasteiger partial charge in [-0.15, -0.1) is 0 Å². The predicted octanol–water partition coefficient (Wildman–Crippen LogP) is 3.23. The number of ether oxygens (including phenoxy) is 2. The molecule has 1 N–H and O–H groups in total. The Morgan fingerprint density at radius 2 is 2.08 bits per heavy atom. The van der Waals surface area contributed by atoms with Gasteiger partial charge >= 0.3 is 6.03 Å². The number of nitrogens with one attached hydrogen (secondary N) is 1. The Balaban J connectivity index is 1.59. The van der Waals surface area contributed by atoms with E-state index in [0.29, 0.717) is 12.7 Å². The fourth-order valence-corrected chi connectivity index (χ4v) is 4.61. The molecule has 1 aromatic rings. The highest BCUT2D eigenvalue weighted by molar-refractivity contribution is 5.75. The van der Waals surface area contributed by atoms with Crippen LogP contribution in [0.5, 0.6) is 0 Å². The van der Waals surface area contributed by atoms with Gasteiger partial charge in [-0.05, 0) is 38.2 Å². The molecule has 2 fully saturated rings. The Labute approximate surface area is 157 Å². The molecule has 26 heavy (non-hydrogen) atoms. The number of hydrogen-bond donors (Lipinski definition) is 1. The lowest BCUT2D eigenvalue weighted by Gasteiger charge is -2.63. The summed E-state index contributed by atoms with van der Waals surface area (Å²) in [5.74, 6) is 0. The Hall–Kier alpha value is -1.59. The Kier molecular flexibility index (Phi) is 6.20. The van der Waals surface area contributed by atoms with E-state index in [2.05, 4.69) is 24.4 Å². The molecule has 0 heterocycles. The summed E-state index contributed by atoms with van der Waals surface area (Å²) in [4.78, 5) is 14.8. The van der Waals surface area contributed by atoms with E-state index in [0.717, 1.165) is 19.4 Å². The summed E-state index contributed by atoms with van der Waals surface area (Å²) in [6.07, 6.45) is 5.63. The molecule has 1 aromatic carbocycles. The van der Waals surface area contributed by atoms with Crippen LogP contribution >= 0.6 is 0 Å². The van der Waals surface area contributed by atoms with Crippen LogP contribution in [0.15, 0.2) is 30.3 Å². The molecule has 0 radical (unpaired) electrons. The van der Waals surface area contributed by atoms with E-state index < -0.39 is 0 Å². The van der Waals surface area contributed by atoms with Crippen molar-refractivity contribution in [2.45, 2.75) is 57.2 Å². The van der Waals surface area contributed by atoms with Gasteiger partial charge in [0.15, 0.2) is 0 Å². The van der Waals surface area contributed by atoms with E-state index in [1.165, 1.54) is 24.8 Å². The maximum atomic E-state index is 12.9. The molecule has 1 spiro atoms. The minimum Gasteiger partial charge on any atom is -0.383 e. The number of urea groups is 1. The van der Waals surface area contributed by atoms with Gasteiger partial charge in [-0.1, -0.05) is 36.8 Å². The molecule has 3 rings (SSSR count). The molecule has 0 aliphatic heterocycles. The quantitative estimate of drug-likeness (QED) is 0.774. The molecule has 3 atom stereocenters. The van der Waals surface area contributed by atoms with Crippen molar-refractivity contribution in [1.82, 2.24) is 10.2 Å². The topological polar surface area (TPSA) is 50.8 Å². The van der Waals surface area contributed by atoms with Gasteiger partial charge in [-0.3, -0.25) is 0 Å². The zero-order valence-electron chi connectivity index (χ0n) is 16.2. The van der Waals surface area contributed by atoms with Crippen molar-refractivity contribution < 1.29 is 14.3 Å². The molecule has 0 aromatic heterocycles. The highest BCUT2D eigenvalue weighted by Gasteiger charge is 2.60. The first-order chi connectivity index (χ1) is 12.6. The zero-order chi connectivity index (χ0) is 18.6. The number of hydrogen-bond acceptors (Lipinski definition) is 3. The van der Waals surface area contributed by atoms with Crippen molar-refractivity contribution in [3.8, 4) is 0 Å². The second kappa shape index (κ2) is 8.40. The molecule has 0 saturated heterocycles. The fourth-order valence-electron chi connectivity index (χ4n) is 4.61. The van der Waals surface area contributed by atoms with Crippen LogP contribution in [0.3, 0.4) is 0 Å². The number of rotatable bonds is 8. The molecule has 0 bridgehead atoms. The maximum Gasteiger partial charge on any atom is 0.317 e. The normalized spacial score (nSPS) is 24.4. The summed E-state index contributed by atoms with van der Waals surface area (Å²) in [5.41, 5.74) is 1.39. The van der Waals surface area contributed by atoms with Gasteiger partial charge in [0, 0.05) is 32.2 Å². The molecule has 2 aliphatic rings. The van der Waals surface area contributed by atoms with Gasteiger partial charge in [-0.2, -0.15) is 0 Å². The van der Waals surface area contributed by atoms with Gasteiger partial charge in [0.25, 0.3) is 0 Å². The standard InChI is InChI=1S/C21H32N2O3/c1-4-26-19-14-18(21(19)11-8-12-21)23(2)20(24)22-17(15-25-3)13-16-9-6-5-7-10-16/h5-7,9-10,17-19H,4,8,11-15H2,1-3H3,(H,22,24). The highest BCUT2D eigenvalue weighted by atomic mass is 16.5. The van der Waals surface area contributed by atoms with Crippen LogP contribution in [0, 0.1) is 5.41 Å². The second-order valence-electron chi connectivity index (χ2n) is 7.68. The molecule has 5 heteroatoms. The van der Waals surface area contributed by atoms with Crippen LogP contribution in [0.1, 0.15) is 38.2 Å². The smallest absolute Gasteiger partial charge is 0.317 e. The predicted molar refractivity (Wildman–Crippen MR) is 102 cm³/mol. The highest BCUT2D eigenvalue weighted by Crippen LogP contribution is 2.58. The third kappa shape index (κ3) is 3.74. The largest absolute Gasteiger partial charge is 0.383 e. The molecular formula is C21H32N2O3. The van der Waals surface area contributed by atoms with Crippen LogP contribution < -0.4 is 5.32 Å². The van der Waals surface area contributed by atoms with Gasteiger partial charge in [-0.25, -0.2) is 4.79 Å². The van der Waals surface area contributed by atoms with Crippen molar-refractivity contribution in [3.63, 3.8) is 0 Å². The van der Waals surface area contributed by atoms with Crippen molar-refractivity contribution in [2.24, 2.45) is 5.41 Å². The van der Waals surface area contributed by atoms with E-state index in [1.807, 2.05) is 30.1 Å². The van der Waals surface area contributed by atoms with E-state index in [-0.39, 0.29) is 23.5 Å². The van der Waals surface area contributed by atoms with Crippen LogP contribution in [-0.2, 0) is 15.9 Å². The van der Waals surface area contributed by atoms with Gasteiger partial charge in [0.1, 0.15) is 0 Å². The van der Waals surface area contributed by atoms with E-state index in [9.17, 15) is 4.79 Å². The average molecular weight is 360 g/mol. The molecule has 2 saturated carbocycles. The minimum atomic E-state index is -0.0301. The van der Waals surface area contributed by atoms with E-state index in [4.69, 9.17) is 9.47 Å². The summed E-state index contributed by atoms with van der Waals surface area (Å²) in [7, 11) is 3.60. The van der Waals surface area contributed by atoms with Crippen molar-refractivity contribution in [2.75, 3.05) is 27.4 Å². The molecule has 3 unspecified atom stereocenters. The molecular weight excluding hydrogens is 328 g/mol. The summed E-state index contributed by atoms with van der Waals surface area (Å²) >= 11 is 0.